The van der Waals surface area contributed by atoms with Crippen LogP contribution in [0.2, 0.25) is 0 Å². The molecule has 0 fully saturated rings. The Morgan fingerprint density at radius 1 is 1.53 bits per heavy atom. The van der Waals surface area contributed by atoms with Crippen molar-refractivity contribution in [3.63, 3.8) is 0 Å². The standard InChI is InChI=1S/C10H9ClN2O2/c11-6-2-1-3-8-4-5-10(13(14)15)9(12)7-8/h4-5,7H,2,6,12H2. The van der Waals surface area contributed by atoms with Gasteiger partial charge in [-0.1, -0.05) is 11.8 Å². The summed E-state index contributed by atoms with van der Waals surface area (Å²) in [5, 5.41) is 10.5. The number of nitro groups is 1. The van der Waals surface area contributed by atoms with Crippen molar-refractivity contribution < 1.29 is 4.92 Å². The third-order valence-corrected chi connectivity index (χ3v) is 1.87. The Bertz CT molecular complexity index is 435. The highest BCUT2D eigenvalue weighted by Crippen LogP contribution is 2.21. The first kappa shape index (κ1) is 11.3. The summed E-state index contributed by atoms with van der Waals surface area (Å²) in [5.41, 5.74) is 6.17. The van der Waals surface area contributed by atoms with E-state index in [1.165, 1.54) is 12.1 Å². The molecule has 0 amide bonds. The van der Waals surface area contributed by atoms with E-state index in [4.69, 9.17) is 17.3 Å². The molecule has 0 saturated heterocycles. The summed E-state index contributed by atoms with van der Waals surface area (Å²) in [6, 6.07) is 4.40. The number of alkyl halides is 1. The molecule has 78 valence electrons. The quantitative estimate of drug-likeness (QED) is 0.275. The van der Waals surface area contributed by atoms with E-state index in [-0.39, 0.29) is 11.4 Å². The normalized spacial score (nSPS) is 9.13. The van der Waals surface area contributed by atoms with E-state index in [1.807, 2.05) is 0 Å². The number of nitrogens with two attached hydrogens (primary N) is 1. The average Bonchev–Trinajstić information content (AvgIpc) is 2.17. The molecule has 0 unspecified atom stereocenters. The molecule has 0 aromatic heterocycles. The molecule has 0 heterocycles. The van der Waals surface area contributed by atoms with Crippen molar-refractivity contribution in [1.82, 2.24) is 0 Å². The van der Waals surface area contributed by atoms with Crippen LogP contribution in [-0.2, 0) is 0 Å². The molecule has 0 saturated carbocycles. The molecule has 0 aliphatic rings. The number of nitrogen functional groups attached to an aromatic ring is 1. The van der Waals surface area contributed by atoms with Crippen molar-refractivity contribution in [3.05, 3.63) is 33.9 Å². The van der Waals surface area contributed by atoms with Gasteiger partial charge in [-0.05, 0) is 12.1 Å². The van der Waals surface area contributed by atoms with Crippen LogP contribution in [0.1, 0.15) is 12.0 Å². The van der Waals surface area contributed by atoms with E-state index in [1.54, 1.807) is 6.07 Å². The Labute approximate surface area is 92.2 Å². The van der Waals surface area contributed by atoms with Crippen LogP contribution in [0.3, 0.4) is 0 Å². The molecule has 1 aromatic carbocycles. The smallest absolute Gasteiger partial charge is 0.292 e. The second-order valence-corrected chi connectivity index (χ2v) is 3.15. The van der Waals surface area contributed by atoms with Gasteiger partial charge in [0.05, 0.1) is 4.92 Å². The van der Waals surface area contributed by atoms with Gasteiger partial charge in [0, 0.05) is 23.9 Å². The summed E-state index contributed by atoms with van der Waals surface area (Å²) < 4.78 is 0. The van der Waals surface area contributed by atoms with Crippen LogP contribution in [0.25, 0.3) is 0 Å². The molecule has 2 N–H and O–H groups in total. The fraction of sp³-hybridized carbons (Fsp3) is 0.200. The second kappa shape index (κ2) is 5.23. The van der Waals surface area contributed by atoms with Gasteiger partial charge in [0.25, 0.3) is 5.69 Å². The number of anilines is 1. The minimum absolute atomic E-state index is 0.0992. The van der Waals surface area contributed by atoms with E-state index in [9.17, 15) is 10.1 Å². The summed E-state index contributed by atoms with van der Waals surface area (Å²) in [6.45, 7) is 0. The van der Waals surface area contributed by atoms with Gasteiger partial charge < -0.3 is 5.73 Å². The summed E-state index contributed by atoms with van der Waals surface area (Å²) in [7, 11) is 0. The monoisotopic (exact) mass is 224 g/mol. The maximum absolute atomic E-state index is 10.5. The van der Waals surface area contributed by atoms with Crippen molar-refractivity contribution in [2.75, 3.05) is 11.6 Å². The topological polar surface area (TPSA) is 69.2 Å². The molecule has 4 nitrogen and oxygen atoms in total. The fourth-order valence-corrected chi connectivity index (χ4v) is 1.10. The zero-order chi connectivity index (χ0) is 11.3. The SMILES string of the molecule is Nc1cc(C#CCCCl)ccc1[N+](=O)[O-]. The Hall–Kier alpha value is -1.73. The van der Waals surface area contributed by atoms with Gasteiger partial charge in [0.2, 0.25) is 0 Å². The molecule has 15 heavy (non-hydrogen) atoms. The lowest BCUT2D eigenvalue weighted by molar-refractivity contribution is -0.383. The lowest BCUT2D eigenvalue weighted by atomic mass is 10.2. The first-order chi connectivity index (χ1) is 7.15. The first-order valence-corrected chi connectivity index (χ1v) is 4.77. The maximum atomic E-state index is 10.5. The summed E-state index contributed by atoms with van der Waals surface area (Å²) in [4.78, 5) is 9.94. The Balaban J connectivity index is 2.93. The number of hydrogen-bond donors (Lipinski definition) is 1. The minimum Gasteiger partial charge on any atom is -0.393 e. The summed E-state index contributed by atoms with van der Waals surface area (Å²) in [5.74, 6) is 6.10. The van der Waals surface area contributed by atoms with Crippen LogP contribution in [-0.4, -0.2) is 10.8 Å². The molecule has 0 aliphatic carbocycles. The molecule has 5 heteroatoms. The number of benzene rings is 1. The van der Waals surface area contributed by atoms with Crippen molar-refractivity contribution in [2.45, 2.75) is 6.42 Å². The zero-order valence-corrected chi connectivity index (χ0v) is 8.62. The van der Waals surface area contributed by atoms with Crippen LogP contribution >= 0.6 is 11.6 Å². The van der Waals surface area contributed by atoms with E-state index < -0.39 is 4.92 Å². The third-order valence-electron chi connectivity index (χ3n) is 1.68. The molecule has 1 rings (SSSR count). The Morgan fingerprint density at radius 3 is 2.80 bits per heavy atom. The average molecular weight is 225 g/mol. The van der Waals surface area contributed by atoms with Gasteiger partial charge >= 0.3 is 0 Å². The predicted octanol–water partition coefficient (Wildman–Crippen LogP) is 2.16. The molecule has 0 radical (unpaired) electrons. The predicted molar refractivity (Wildman–Crippen MR) is 59.7 cm³/mol. The van der Waals surface area contributed by atoms with Crippen molar-refractivity contribution in [2.24, 2.45) is 0 Å². The van der Waals surface area contributed by atoms with Crippen molar-refractivity contribution in [1.29, 1.82) is 0 Å². The van der Waals surface area contributed by atoms with E-state index in [2.05, 4.69) is 11.8 Å². The van der Waals surface area contributed by atoms with Crippen molar-refractivity contribution >= 4 is 23.0 Å². The van der Waals surface area contributed by atoms with E-state index >= 15 is 0 Å². The molecular formula is C10H9ClN2O2. The largest absolute Gasteiger partial charge is 0.393 e. The first-order valence-electron chi connectivity index (χ1n) is 4.24. The molecule has 0 bridgehead atoms. The zero-order valence-electron chi connectivity index (χ0n) is 7.87. The van der Waals surface area contributed by atoms with E-state index in [0.29, 0.717) is 17.9 Å². The molecule has 1 aromatic rings. The van der Waals surface area contributed by atoms with Crippen LogP contribution in [0.15, 0.2) is 18.2 Å². The van der Waals surface area contributed by atoms with Crippen LogP contribution in [0.5, 0.6) is 0 Å². The number of halogens is 1. The highest BCUT2D eigenvalue weighted by molar-refractivity contribution is 6.18. The third kappa shape index (κ3) is 3.15. The van der Waals surface area contributed by atoms with Gasteiger partial charge in [0.15, 0.2) is 0 Å². The van der Waals surface area contributed by atoms with Gasteiger partial charge in [0.1, 0.15) is 5.69 Å². The van der Waals surface area contributed by atoms with Crippen LogP contribution in [0, 0.1) is 22.0 Å². The van der Waals surface area contributed by atoms with Crippen molar-refractivity contribution in [3.8, 4) is 11.8 Å². The molecular weight excluding hydrogens is 216 g/mol. The highest BCUT2D eigenvalue weighted by Gasteiger charge is 2.09. The fourth-order valence-electron chi connectivity index (χ4n) is 1.01. The van der Waals surface area contributed by atoms with Crippen LogP contribution in [0.4, 0.5) is 11.4 Å². The van der Waals surface area contributed by atoms with Crippen LogP contribution < -0.4 is 5.73 Å². The molecule has 0 atom stereocenters. The second-order valence-electron chi connectivity index (χ2n) is 2.77. The van der Waals surface area contributed by atoms with Gasteiger partial charge in [-0.2, -0.15) is 0 Å². The number of nitro benzene ring substituents is 1. The lowest BCUT2D eigenvalue weighted by Crippen LogP contribution is -1.95. The molecule has 0 spiro atoms. The number of rotatable bonds is 2. The summed E-state index contributed by atoms with van der Waals surface area (Å²) >= 11 is 5.45. The van der Waals surface area contributed by atoms with Gasteiger partial charge in [-0.25, -0.2) is 0 Å². The Morgan fingerprint density at radius 2 is 2.27 bits per heavy atom. The van der Waals surface area contributed by atoms with Gasteiger partial charge in [-0.3, -0.25) is 10.1 Å². The Kier molecular flexibility index (Phi) is 3.95. The highest BCUT2D eigenvalue weighted by atomic mass is 35.5. The maximum Gasteiger partial charge on any atom is 0.292 e. The number of nitrogens with zero attached hydrogens (tertiary/aromatic N) is 1. The lowest BCUT2D eigenvalue weighted by Gasteiger charge is -1.96. The minimum atomic E-state index is -0.523. The van der Waals surface area contributed by atoms with E-state index in [0.717, 1.165) is 0 Å². The number of hydrogen-bond acceptors (Lipinski definition) is 3. The summed E-state index contributed by atoms with van der Waals surface area (Å²) in [6.07, 6.45) is 0.582. The van der Waals surface area contributed by atoms with Gasteiger partial charge in [-0.15, -0.1) is 11.6 Å². The molecule has 0 aliphatic heterocycles.